The zero-order valence-electron chi connectivity index (χ0n) is 20.2. The molecule has 0 unspecified atom stereocenters. The first kappa shape index (κ1) is 26.8. The Bertz CT molecular complexity index is 1070. The Labute approximate surface area is 214 Å². The average molecular weight is 520 g/mol. The molecular formula is C25H30ClN3O5S. The first-order valence-corrected chi connectivity index (χ1v) is 12.5. The molecule has 2 aromatic rings. The number of hydrogen-bond acceptors (Lipinski definition) is 6. The second-order valence-corrected chi connectivity index (χ2v) is 10.5. The van der Waals surface area contributed by atoms with E-state index in [-0.39, 0.29) is 18.4 Å². The molecule has 0 saturated carbocycles. The number of ether oxygens (including phenoxy) is 2. The van der Waals surface area contributed by atoms with Crippen LogP contribution >= 0.6 is 23.4 Å². The van der Waals surface area contributed by atoms with Crippen molar-refractivity contribution in [2.75, 3.05) is 30.9 Å². The molecule has 0 fully saturated rings. The molecule has 1 aliphatic heterocycles. The Morgan fingerprint density at radius 1 is 1.17 bits per heavy atom. The van der Waals surface area contributed by atoms with Crippen LogP contribution in [-0.2, 0) is 20.8 Å². The molecule has 0 saturated heterocycles. The molecule has 1 atom stereocenters. The van der Waals surface area contributed by atoms with Crippen LogP contribution in [0.5, 0.6) is 0 Å². The number of carbonyl (C=O) groups is 3. The molecule has 0 aliphatic carbocycles. The van der Waals surface area contributed by atoms with Gasteiger partial charge in [0, 0.05) is 34.9 Å². The van der Waals surface area contributed by atoms with E-state index in [9.17, 15) is 14.4 Å². The monoisotopic (exact) mass is 519 g/mol. The summed E-state index contributed by atoms with van der Waals surface area (Å²) in [5.41, 5.74) is 1.18. The number of fused-ring (bicyclic) bond motifs is 1. The minimum absolute atomic E-state index is 0.241. The predicted molar refractivity (Wildman–Crippen MR) is 137 cm³/mol. The van der Waals surface area contributed by atoms with Crippen molar-refractivity contribution in [1.29, 1.82) is 0 Å². The van der Waals surface area contributed by atoms with E-state index < -0.39 is 17.7 Å². The molecule has 0 spiro atoms. The van der Waals surface area contributed by atoms with E-state index in [2.05, 4.69) is 10.6 Å². The summed E-state index contributed by atoms with van der Waals surface area (Å²) >= 11 is 7.47. The lowest BCUT2D eigenvalue weighted by Gasteiger charge is -2.27. The van der Waals surface area contributed by atoms with Gasteiger partial charge in [-0.1, -0.05) is 23.7 Å². The molecule has 2 N–H and O–H groups in total. The van der Waals surface area contributed by atoms with Crippen LogP contribution in [0.3, 0.4) is 0 Å². The third kappa shape index (κ3) is 7.62. The van der Waals surface area contributed by atoms with Crippen molar-refractivity contribution >= 4 is 47.0 Å². The maximum absolute atomic E-state index is 13.7. The molecule has 3 rings (SSSR count). The van der Waals surface area contributed by atoms with Gasteiger partial charge in [0.05, 0.1) is 18.8 Å². The molecule has 8 nitrogen and oxygen atoms in total. The number of nitrogens with zero attached hydrogens (tertiary/aromatic N) is 1. The van der Waals surface area contributed by atoms with Gasteiger partial charge in [0.1, 0.15) is 11.6 Å². The maximum Gasteiger partial charge on any atom is 0.408 e. The Morgan fingerprint density at radius 2 is 1.89 bits per heavy atom. The van der Waals surface area contributed by atoms with Gasteiger partial charge in [0.15, 0.2) is 0 Å². The SMILES string of the molecule is COCCNC(=O)c1ccc2c(c1)N(Cc1ccc(Cl)cc1)C(=O)[C@@H](NC(=O)OC(C)(C)C)CS2. The van der Waals surface area contributed by atoms with E-state index in [1.807, 2.05) is 18.2 Å². The van der Waals surface area contributed by atoms with Crippen LogP contribution < -0.4 is 15.5 Å². The van der Waals surface area contributed by atoms with E-state index in [1.54, 1.807) is 57.0 Å². The third-order valence-corrected chi connectivity index (χ3v) is 6.43. The Kier molecular flexibility index (Phi) is 9.04. The van der Waals surface area contributed by atoms with E-state index in [0.717, 1.165) is 10.5 Å². The fourth-order valence-corrected chi connectivity index (χ4v) is 4.58. The zero-order valence-corrected chi connectivity index (χ0v) is 21.8. The Hall–Kier alpha value is -2.75. The molecular weight excluding hydrogens is 490 g/mol. The number of benzene rings is 2. The number of methoxy groups -OCH3 is 1. The molecule has 2 aromatic carbocycles. The van der Waals surface area contributed by atoms with Gasteiger partial charge in [-0.05, 0) is 56.7 Å². The molecule has 10 heteroatoms. The van der Waals surface area contributed by atoms with E-state index >= 15 is 0 Å². The van der Waals surface area contributed by atoms with Crippen LogP contribution in [0.15, 0.2) is 47.4 Å². The van der Waals surface area contributed by atoms with E-state index in [0.29, 0.717) is 35.2 Å². The standard InChI is InChI=1S/C25H30ClN3O5S/c1-25(2,3)34-24(32)28-19-15-35-21-10-7-17(22(30)27-11-12-33-4)13-20(21)29(23(19)31)14-16-5-8-18(26)9-6-16/h5-10,13,19H,11-12,14-15H2,1-4H3,(H,27,30)(H,28,32)/t19-/m0/s1. The fraction of sp³-hybridized carbons (Fsp3) is 0.400. The van der Waals surface area contributed by atoms with Gasteiger partial charge in [0.2, 0.25) is 0 Å². The summed E-state index contributed by atoms with van der Waals surface area (Å²) in [6.07, 6.45) is -0.660. The maximum atomic E-state index is 13.7. The van der Waals surface area contributed by atoms with Gasteiger partial charge in [0.25, 0.3) is 11.8 Å². The third-order valence-electron chi connectivity index (χ3n) is 5.02. The van der Waals surface area contributed by atoms with Crippen molar-refractivity contribution in [1.82, 2.24) is 10.6 Å². The van der Waals surface area contributed by atoms with Gasteiger partial charge in [-0.2, -0.15) is 0 Å². The normalized spacial score (nSPS) is 15.7. The van der Waals surface area contributed by atoms with Crippen LogP contribution in [0.2, 0.25) is 5.02 Å². The fourth-order valence-electron chi connectivity index (χ4n) is 3.40. The lowest BCUT2D eigenvalue weighted by molar-refractivity contribution is -0.120. The quantitative estimate of drug-likeness (QED) is 0.531. The van der Waals surface area contributed by atoms with Gasteiger partial charge in [-0.15, -0.1) is 11.8 Å². The first-order valence-electron chi connectivity index (χ1n) is 11.2. The zero-order chi connectivity index (χ0) is 25.6. The van der Waals surface area contributed by atoms with Crippen LogP contribution in [0.1, 0.15) is 36.7 Å². The highest BCUT2D eigenvalue weighted by Gasteiger charge is 2.33. The van der Waals surface area contributed by atoms with Crippen molar-refractivity contribution in [2.45, 2.75) is 43.9 Å². The van der Waals surface area contributed by atoms with Crippen molar-refractivity contribution in [3.63, 3.8) is 0 Å². The van der Waals surface area contributed by atoms with Gasteiger partial charge in [-0.3, -0.25) is 9.59 Å². The number of amides is 3. The predicted octanol–water partition coefficient (Wildman–Crippen LogP) is 4.25. The molecule has 35 heavy (non-hydrogen) atoms. The number of nitrogens with one attached hydrogen (secondary N) is 2. The smallest absolute Gasteiger partial charge is 0.408 e. The minimum atomic E-state index is -0.812. The summed E-state index contributed by atoms with van der Waals surface area (Å²) < 4.78 is 10.4. The van der Waals surface area contributed by atoms with Crippen molar-refractivity contribution < 1.29 is 23.9 Å². The van der Waals surface area contributed by atoms with E-state index in [4.69, 9.17) is 21.1 Å². The van der Waals surface area contributed by atoms with Crippen molar-refractivity contribution in [3.8, 4) is 0 Å². The average Bonchev–Trinajstić information content (AvgIpc) is 2.91. The molecule has 0 bridgehead atoms. The Morgan fingerprint density at radius 3 is 2.54 bits per heavy atom. The van der Waals surface area contributed by atoms with Crippen LogP contribution in [0.4, 0.5) is 10.5 Å². The second kappa shape index (κ2) is 11.8. The molecule has 0 radical (unpaired) electrons. The van der Waals surface area contributed by atoms with Gasteiger partial charge < -0.3 is 25.0 Å². The van der Waals surface area contributed by atoms with Crippen LogP contribution in [0, 0.1) is 0 Å². The lowest BCUT2D eigenvalue weighted by Crippen LogP contribution is -2.50. The van der Waals surface area contributed by atoms with Gasteiger partial charge >= 0.3 is 6.09 Å². The Balaban J connectivity index is 1.92. The largest absolute Gasteiger partial charge is 0.444 e. The number of carbonyl (C=O) groups excluding carboxylic acids is 3. The summed E-state index contributed by atoms with van der Waals surface area (Å²) in [5, 5.41) is 6.10. The topological polar surface area (TPSA) is 97.0 Å². The highest BCUT2D eigenvalue weighted by Crippen LogP contribution is 2.36. The van der Waals surface area contributed by atoms with E-state index in [1.165, 1.54) is 11.8 Å². The highest BCUT2D eigenvalue weighted by molar-refractivity contribution is 7.99. The van der Waals surface area contributed by atoms with Crippen molar-refractivity contribution in [3.05, 3.63) is 58.6 Å². The van der Waals surface area contributed by atoms with Crippen LogP contribution in [-0.4, -0.2) is 55.6 Å². The number of anilines is 1. The van der Waals surface area contributed by atoms with Crippen molar-refractivity contribution in [2.24, 2.45) is 0 Å². The number of thioether (sulfide) groups is 1. The molecule has 3 amide bonds. The molecule has 188 valence electrons. The summed E-state index contributed by atoms with van der Waals surface area (Å²) in [6, 6.07) is 11.6. The highest BCUT2D eigenvalue weighted by atomic mass is 35.5. The number of hydrogen-bond donors (Lipinski definition) is 2. The number of alkyl carbamates (subject to hydrolysis) is 1. The molecule has 1 heterocycles. The minimum Gasteiger partial charge on any atom is -0.444 e. The molecule has 1 aliphatic rings. The summed E-state index contributed by atoms with van der Waals surface area (Å²) in [7, 11) is 1.56. The second-order valence-electron chi connectivity index (χ2n) is 8.99. The van der Waals surface area contributed by atoms with Gasteiger partial charge in [-0.25, -0.2) is 4.79 Å². The summed E-state index contributed by atoms with van der Waals surface area (Å²) in [6.45, 7) is 6.29. The number of halogens is 1. The van der Waals surface area contributed by atoms with Crippen LogP contribution in [0.25, 0.3) is 0 Å². The summed E-state index contributed by atoms with van der Waals surface area (Å²) in [5.74, 6) is -0.239. The first-order chi connectivity index (χ1) is 16.6. The summed E-state index contributed by atoms with van der Waals surface area (Å²) in [4.78, 5) is 41.2. The lowest BCUT2D eigenvalue weighted by atomic mass is 10.1. The molecule has 0 aromatic heterocycles. The number of rotatable bonds is 7.